The Morgan fingerprint density at radius 3 is 2.17 bits per heavy atom. The Bertz CT molecular complexity index is 1070. The number of carbonyl (C=O) groups is 4. The fourth-order valence-corrected chi connectivity index (χ4v) is 3.86. The van der Waals surface area contributed by atoms with Crippen LogP contribution in [0.25, 0.3) is 10.9 Å². The van der Waals surface area contributed by atoms with Crippen LogP contribution in [0.5, 0.6) is 0 Å². The lowest BCUT2D eigenvalue weighted by Gasteiger charge is -2.27. The van der Waals surface area contributed by atoms with E-state index in [4.69, 9.17) is 5.73 Å². The lowest BCUT2D eigenvalue weighted by Crippen LogP contribution is -2.59. The molecule has 0 bridgehead atoms. The van der Waals surface area contributed by atoms with E-state index in [1.54, 1.807) is 20.0 Å². The van der Waals surface area contributed by atoms with Crippen molar-refractivity contribution >= 4 is 34.6 Å². The molecule has 0 spiro atoms. The van der Waals surface area contributed by atoms with Gasteiger partial charge in [0.15, 0.2) is 0 Å². The molecule has 3 amide bonds. The van der Waals surface area contributed by atoms with E-state index in [9.17, 15) is 29.4 Å². The van der Waals surface area contributed by atoms with Crippen molar-refractivity contribution in [3.05, 3.63) is 36.0 Å². The van der Waals surface area contributed by atoms with E-state index in [2.05, 4.69) is 20.9 Å². The van der Waals surface area contributed by atoms with Crippen molar-refractivity contribution in [2.24, 2.45) is 17.6 Å². The van der Waals surface area contributed by atoms with Gasteiger partial charge in [-0.05, 0) is 29.9 Å². The highest BCUT2D eigenvalue weighted by Gasteiger charge is 2.32. The molecule has 0 saturated heterocycles. The molecule has 2 rings (SSSR count). The molecule has 1 aromatic carbocycles. The van der Waals surface area contributed by atoms with Crippen LogP contribution >= 0.6 is 0 Å². The van der Waals surface area contributed by atoms with E-state index in [-0.39, 0.29) is 18.3 Å². The first-order chi connectivity index (χ1) is 16.9. The first-order valence-electron chi connectivity index (χ1n) is 12.0. The second kappa shape index (κ2) is 13.0. The Morgan fingerprint density at radius 1 is 0.944 bits per heavy atom. The highest BCUT2D eigenvalue weighted by molar-refractivity contribution is 5.95. The van der Waals surface area contributed by atoms with Crippen molar-refractivity contribution in [3.63, 3.8) is 0 Å². The van der Waals surface area contributed by atoms with Crippen molar-refractivity contribution in [1.29, 1.82) is 0 Å². The number of carbonyl (C=O) groups excluding carboxylic acids is 3. The SMILES string of the molecule is CC(C)CC(N)C(=O)NC(C(=O)NC(Cc1c[nH]c2ccccc12)C(=O)NC(CO)C(=O)O)C(C)C. The number of hydrogen-bond acceptors (Lipinski definition) is 6. The minimum atomic E-state index is -1.53. The summed E-state index contributed by atoms with van der Waals surface area (Å²) < 4.78 is 0. The maximum absolute atomic E-state index is 13.2. The third-order valence-corrected chi connectivity index (χ3v) is 5.84. The Kier molecular flexibility index (Phi) is 10.4. The van der Waals surface area contributed by atoms with Gasteiger partial charge in [0, 0.05) is 23.5 Å². The highest BCUT2D eigenvalue weighted by atomic mass is 16.4. The number of nitrogens with one attached hydrogen (secondary N) is 4. The van der Waals surface area contributed by atoms with Gasteiger partial charge in [0.2, 0.25) is 17.7 Å². The van der Waals surface area contributed by atoms with Crippen molar-refractivity contribution < 1.29 is 29.4 Å². The molecule has 4 atom stereocenters. The summed E-state index contributed by atoms with van der Waals surface area (Å²) in [5.74, 6) is -3.39. The minimum absolute atomic E-state index is 0.0466. The topological polar surface area (TPSA) is 187 Å². The number of para-hydroxylation sites is 1. The molecule has 0 saturated carbocycles. The molecule has 1 heterocycles. The quantitative estimate of drug-likeness (QED) is 0.204. The molecule has 11 nitrogen and oxygen atoms in total. The normalized spacial score (nSPS) is 14.8. The van der Waals surface area contributed by atoms with Gasteiger partial charge in [0.05, 0.1) is 12.6 Å². The summed E-state index contributed by atoms with van der Waals surface area (Å²) in [7, 11) is 0. The van der Waals surface area contributed by atoms with E-state index in [0.717, 1.165) is 16.5 Å². The largest absolute Gasteiger partial charge is 0.480 e. The van der Waals surface area contributed by atoms with E-state index in [0.29, 0.717) is 6.42 Å². The predicted molar refractivity (Wildman–Crippen MR) is 135 cm³/mol. The van der Waals surface area contributed by atoms with E-state index < -0.39 is 54.5 Å². The van der Waals surface area contributed by atoms with Gasteiger partial charge in [-0.25, -0.2) is 4.79 Å². The second-order valence-corrected chi connectivity index (χ2v) is 9.67. The molecule has 11 heteroatoms. The zero-order valence-corrected chi connectivity index (χ0v) is 21.1. The van der Waals surface area contributed by atoms with Crippen molar-refractivity contribution in [2.75, 3.05) is 6.61 Å². The van der Waals surface area contributed by atoms with E-state index >= 15 is 0 Å². The van der Waals surface area contributed by atoms with Crippen LogP contribution in [-0.2, 0) is 25.6 Å². The number of carboxylic acid groups (broad SMARTS) is 1. The van der Waals surface area contributed by atoms with Crippen LogP contribution in [0.2, 0.25) is 0 Å². The van der Waals surface area contributed by atoms with Gasteiger partial charge in [0.25, 0.3) is 0 Å². The third kappa shape index (κ3) is 7.79. The van der Waals surface area contributed by atoms with Crippen LogP contribution in [0.4, 0.5) is 0 Å². The molecule has 4 unspecified atom stereocenters. The maximum atomic E-state index is 13.2. The molecule has 0 aliphatic rings. The zero-order chi connectivity index (χ0) is 27.0. The number of carboxylic acids is 1. The van der Waals surface area contributed by atoms with Crippen molar-refractivity contribution in [3.8, 4) is 0 Å². The standard InChI is InChI=1S/C25H37N5O6/c1-13(2)9-17(26)22(32)30-21(14(3)4)24(34)28-19(23(33)29-20(12-31)25(35)36)10-15-11-27-18-8-6-5-7-16(15)18/h5-8,11,13-14,17,19-21,27,31H,9-10,12,26H2,1-4H3,(H,28,34)(H,29,33)(H,30,32)(H,35,36). The second-order valence-electron chi connectivity index (χ2n) is 9.67. The number of benzene rings is 1. The summed E-state index contributed by atoms with van der Waals surface area (Å²) in [5.41, 5.74) is 7.53. The third-order valence-electron chi connectivity index (χ3n) is 5.84. The van der Waals surface area contributed by atoms with Crippen LogP contribution in [0.1, 0.15) is 39.7 Å². The first kappa shape index (κ1) is 28.8. The number of hydrogen-bond donors (Lipinski definition) is 7. The van der Waals surface area contributed by atoms with Gasteiger partial charge < -0.3 is 36.9 Å². The number of aliphatic hydroxyl groups excluding tert-OH is 1. The fourth-order valence-electron chi connectivity index (χ4n) is 3.86. The molecule has 0 fully saturated rings. The number of nitrogens with two attached hydrogens (primary N) is 1. The van der Waals surface area contributed by atoms with Crippen LogP contribution in [-0.4, -0.2) is 69.7 Å². The highest BCUT2D eigenvalue weighted by Crippen LogP contribution is 2.19. The Balaban J connectivity index is 2.27. The van der Waals surface area contributed by atoms with Gasteiger partial charge in [-0.1, -0.05) is 45.9 Å². The Labute approximate surface area is 210 Å². The molecule has 36 heavy (non-hydrogen) atoms. The summed E-state index contributed by atoms with van der Waals surface area (Å²) in [5, 5.41) is 27.0. The van der Waals surface area contributed by atoms with Gasteiger partial charge in [0.1, 0.15) is 18.1 Å². The van der Waals surface area contributed by atoms with E-state index in [1.807, 2.05) is 38.1 Å². The number of aliphatic carboxylic acids is 1. The molecule has 2 aromatic rings. The fraction of sp³-hybridized carbons (Fsp3) is 0.520. The van der Waals surface area contributed by atoms with Crippen LogP contribution in [0, 0.1) is 11.8 Å². The summed E-state index contributed by atoms with van der Waals surface area (Å²) in [4.78, 5) is 53.3. The van der Waals surface area contributed by atoms with Crippen molar-refractivity contribution in [1.82, 2.24) is 20.9 Å². The minimum Gasteiger partial charge on any atom is -0.480 e. The van der Waals surface area contributed by atoms with Gasteiger partial charge >= 0.3 is 5.97 Å². The molecule has 0 radical (unpaired) electrons. The number of aromatic nitrogens is 1. The smallest absolute Gasteiger partial charge is 0.328 e. The molecule has 8 N–H and O–H groups in total. The Hall–Kier alpha value is -3.44. The number of rotatable bonds is 13. The molecule has 1 aromatic heterocycles. The lowest BCUT2D eigenvalue weighted by molar-refractivity contribution is -0.143. The van der Waals surface area contributed by atoms with Crippen LogP contribution in [0.15, 0.2) is 30.5 Å². The van der Waals surface area contributed by atoms with Crippen LogP contribution in [0.3, 0.4) is 0 Å². The number of fused-ring (bicyclic) bond motifs is 1. The van der Waals surface area contributed by atoms with E-state index in [1.165, 1.54) is 0 Å². The van der Waals surface area contributed by atoms with Crippen molar-refractivity contribution in [2.45, 2.75) is 64.7 Å². The summed E-state index contributed by atoms with van der Waals surface area (Å²) >= 11 is 0. The van der Waals surface area contributed by atoms with Crippen LogP contribution < -0.4 is 21.7 Å². The summed E-state index contributed by atoms with van der Waals surface area (Å²) in [6, 6.07) is 2.95. The molecular formula is C25H37N5O6. The zero-order valence-electron chi connectivity index (χ0n) is 21.1. The number of aromatic amines is 1. The summed E-state index contributed by atoms with van der Waals surface area (Å²) in [6.07, 6.45) is 2.21. The molecule has 198 valence electrons. The Morgan fingerprint density at radius 2 is 1.58 bits per heavy atom. The average molecular weight is 504 g/mol. The molecular weight excluding hydrogens is 466 g/mol. The van der Waals surface area contributed by atoms with Gasteiger partial charge in [-0.2, -0.15) is 0 Å². The monoisotopic (exact) mass is 503 g/mol. The first-order valence-corrected chi connectivity index (χ1v) is 12.0. The summed E-state index contributed by atoms with van der Waals surface area (Å²) in [6.45, 7) is 6.56. The number of H-pyrrole nitrogens is 1. The van der Waals surface area contributed by atoms with Gasteiger partial charge in [-0.15, -0.1) is 0 Å². The maximum Gasteiger partial charge on any atom is 0.328 e. The molecule has 0 aliphatic heterocycles. The average Bonchev–Trinajstić information content (AvgIpc) is 3.22. The number of amides is 3. The lowest BCUT2D eigenvalue weighted by atomic mass is 9.99. The molecule has 0 aliphatic carbocycles. The number of aliphatic hydroxyl groups is 1. The predicted octanol–water partition coefficient (Wildman–Crippen LogP) is 0.271. The van der Waals surface area contributed by atoms with Gasteiger partial charge in [-0.3, -0.25) is 14.4 Å².